The summed E-state index contributed by atoms with van der Waals surface area (Å²) in [6.07, 6.45) is 7.16. The number of rotatable bonds is 8. The minimum absolute atomic E-state index is 0.171. The van der Waals surface area contributed by atoms with Crippen LogP contribution in [0.15, 0.2) is 0 Å². The molecule has 0 aromatic carbocycles. The van der Waals surface area contributed by atoms with Gasteiger partial charge >= 0.3 is 5.97 Å². The number of hydrogen-bond donors (Lipinski definition) is 3. The molecular formula is C14H28N2O2. The van der Waals surface area contributed by atoms with Crippen LogP contribution in [0.4, 0.5) is 0 Å². The lowest BCUT2D eigenvalue weighted by Crippen LogP contribution is -2.66. The van der Waals surface area contributed by atoms with Crippen molar-refractivity contribution in [3.05, 3.63) is 0 Å². The summed E-state index contributed by atoms with van der Waals surface area (Å²) >= 11 is 0. The van der Waals surface area contributed by atoms with Crippen molar-refractivity contribution < 1.29 is 9.90 Å². The third kappa shape index (κ3) is 3.95. The quantitative estimate of drug-likeness (QED) is 0.581. The molecule has 3 N–H and O–H groups in total. The smallest absolute Gasteiger partial charge is 0.325 e. The van der Waals surface area contributed by atoms with Gasteiger partial charge in [-0.1, -0.05) is 46.0 Å². The maximum atomic E-state index is 11.6. The van der Waals surface area contributed by atoms with Crippen molar-refractivity contribution in [2.45, 2.75) is 57.9 Å². The zero-order chi connectivity index (χ0) is 13.4. The summed E-state index contributed by atoms with van der Waals surface area (Å²) in [6.45, 7) is 6.41. The SMILES string of the molecule is CCCCCCCC(C)C1(C(=O)O)CNCCN1. The molecule has 106 valence electrons. The molecule has 1 fully saturated rings. The largest absolute Gasteiger partial charge is 0.480 e. The molecule has 0 bridgehead atoms. The number of nitrogens with one attached hydrogen (secondary N) is 2. The molecule has 4 heteroatoms. The van der Waals surface area contributed by atoms with Crippen LogP contribution in [0.1, 0.15) is 52.4 Å². The van der Waals surface area contributed by atoms with E-state index in [-0.39, 0.29) is 5.92 Å². The molecule has 0 aromatic rings. The molecule has 4 nitrogen and oxygen atoms in total. The van der Waals surface area contributed by atoms with Crippen molar-refractivity contribution in [2.75, 3.05) is 19.6 Å². The predicted molar refractivity (Wildman–Crippen MR) is 73.8 cm³/mol. The van der Waals surface area contributed by atoms with Crippen molar-refractivity contribution in [1.82, 2.24) is 10.6 Å². The van der Waals surface area contributed by atoms with Gasteiger partial charge in [0, 0.05) is 19.6 Å². The van der Waals surface area contributed by atoms with Gasteiger partial charge in [-0.15, -0.1) is 0 Å². The number of carboxylic acids is 1. The average molecular weight is 256 g/mol. The van der Waals surface area contributed by atoms with Crippen LogP contribution in [-0.2, 0) is 4.79 Å². The average Bonchev–Trinajstić information content (AvgIpc) is 2.39. The number of carboxylic acid groups (broad SMARTS) is 1. The monoisotopic (exact) mass is 256 g/mol. The summed E-state index contributed by atoms with van der Waals surface area (Å²) in [7, 11) is 0. The van der Waals surface area contributed by atoms with Crippen molar-refractivity contribution in [1.29, 1.82) is 0 Å². The minimum atomic E-state index is -0.761. The van der Waals surface area contributed by atoms with E-state index in [1.807, 2.05) is 0 Å². The summed E-state index contributed by atoms with van der Waals surface area (Å²) in [5, 5.41) is 15.9. The Morgan fingerprint density at radius 2 is 2.00 bits per heavy atom. The molecule has 1 rings (SSSR count). The molecule has 1 saturated heterocycles. The fraction of sp³-hybridized carbons (Fsp3) is 0.929. The molecule has 0 spiro atoms. The lowest BCUT2D eigenvalue weighted by molar-refractivity contribution is -0.148. The van der Waals surface area contributed by atoms with Gasteiger partial charge in [-0.05, 0) is 12.3 Å². The van der Waals surface area contributed by atoms with Gasteiger partial charge in [-0.2, -0.15) is 0 Å². The summed E-state index contributed by atoms with van der Waals surface area (Å²) < 4.78 is 0. The van der Waals surface area contributed by atoms with E-state index >= 15 is 0 Å². The van der Waals surface area contributed by atoms with E-state index in [2.05, 4.69) is 24.5 Å². The summed E-state index contributed by atoms with van der Waals surface area (Å²) in [5.74, 6) is -0.541. The topological polar surface area (TPSA) is 61.4 Å². The zero-order valence-corrected chi connectivity index (χ0v) is 11.8. The van der Waals surface area contributed by atoms with Crippen LogP contribution < -0.4 is 10.6 Å². The van der Waals surface area contributed by atoms with E-state index in [4.69, 9.17) is 0 Å². The van der Waals surface area contributed by atoms with E-state index < -0.39 is 11.5 Å². The number of carbonyl (C=O) groups is 1. The van der Waals surface area contributed by atoms with E-state index in [1.165, 1.54) is 25.7 Å². The van der Waals surface area contributed by atoms with E-state index in [0.717, 1.165) is 25.9 Å². The molecule has 0 aliphatic carbocycles. The highest BCUT2D eigenvalue weighted by Gasteiger charge is 2.44. The number of unbranched alkanes of at least 4 members (excludes halogenated alkanes) is 4. The lowest BCUT2D eigenvalue weighted by Gasteiger charge is -2.39. The van der Waals surface area contributed by atoms with Crippen LogP contribution in [0.25, 0.3) is 0 Å². The maximum Gasteiger partial charge on any atom is 0.325 e. The second-order valence-corrected chi connectivity index (χ2v) is 5.48. The highest BCUT2D eigenvalue weighted by molar-refractivity contribution is 5.79. The van der Waals surface area contributed by atoms with Crippen LogP contribution >= 0.6 is 0 Å². The first-order chi connectivity index (χ1) is 8.63. The normalized spacial score (nSPS) is 25.9. The van der Waals surface area contributed by atoms with E-state index in [9.17, 15) is 9.90 Å². The van der Waals surface area contributed by atoms with Gasteiger partial charge in [0.2, 0.25) is 0 Å². The third-order valence-corrected chi connectivity index (χ3v) is 4.11. The number of hydrogen-bond acceptors (Lipinski definition) is 3. The Morgan fingerprint density at radius 3 is 2.56 bits per heavy atom. The molecule has 1 heterocycles. The predicted octanol–water partition coefficient (Wildman–Crippen LogP) is 2.00. The lowest BCUT2D eigenvalue weighted by atomic mass is 9.80. The molecule has 0 saturated carbocycles. The first-order valence-electron chi connectivity index (χ1n) is 7.32. The molecule has 1 aliphatic heterocycles. The number of piperazine rings is 1. The van der Waals surface area contributed by atoms with E-state index in [0.29, 0.717) is 6.54 Å². The Labute approximate surface area is 111 Å². The van der Waals surface area contributed by atoms with Crippen LogP contribution in [0.3, 0.4) is 0 Å². The zero-order valence-electron chi connectivity index (χ0n) is 11.8. The van der Waals surface area contributed by atoms with Crippen molar-refractivity contribution in [3.8, 4) is 0 Å². The fourth-order valence-electron chi connectivity index (χ4n) is 2.73. The fourth-order valence-corrected chi connectivity index (χ4v) is 2.73. The Hall–Kier alpha value is -0.610. The van der Waals surface area contributed by atoms with Gasteiger partial charge < -0.3 is 10.4 Å². The standard InChI is InChI=1S/C14H28N2O2/c1-3-4-5-6-7-8-12(2)14(13(17)18)11-15-9-10-16-14/h12,15-16H,3-11H2,1-2H3,(H,17,18). The summed E-state index contributed by atoms with van der Waals surface area (Å²) in [5.41, 5.74) is -0.761. The first-order valence-corrected chi connectivity index (χ1v) is 7.32. The molecule has 2 unspecified atom stereocenters. The van der Waals surface area contributed by atoms with Gasteiger partial charge in [0.25, 0.3) is 0 Å². The van der Waals surface area contributed by atoms with Gasteiger partial charge in [-0.3, -0.25) is 10.1 Å². The van der Waals surface area contributed by atoms with Crippen molar-refractivity contribution in [2.24, 2.45) is 5.92 Å². The third-order valence-electron chi connectivity index (χ3n) is 4.11. The minimum Gasteiger partial charge on any atom is -0.480 e. The molecule has 0 radical (unpaired) electrons. The summed E-state index contributed by atoms with van der Waals surface area (Å²) in [6, 6.07) is 0. The van der Waals surface area contributed by atoms with Gasteiger partial charge in [0.1, 0.15) is 5.54 Å². The molecule has 1 aliphatic rings. The highest BCUT2D eigenvalue weighted by atomic mass is 16.4. The Kier molecular flexibility index (Phi) is 6.65. The van der Waals surface area contributed by atoms with Gasteiger partial charge in [0.05, 0.1) is 0 Å². The Morgan fingerprint density at radius 1 is 1.28 bits per heavy atom. The van der Waals surface area contributed by atoms with E-state index in [1.54, 1.807) is 0 Å². The Balaban J connectivity index is 2.40. The molecule has 18 heavy (non-hydrogen) atoms. The van der Waals surface area contributed by atoms with Crippen LogP contribution in [0.5, 0.6) is 0 Å². The molecule has 0 aromatic heterocycles. The molecular weight excluding hydrogens is 228 g/mol. The number of aliphatic carboxylic acids is 1. The second kappa shape index (κ2) is 7.74. The molecule has 2 atom stereocenters. The summed E-state index contributed by atoms with van der Waals surface area (Å²) in [4.78, 5) is 11.6. The van der Waals surface area contributed by atoms with Crippen LogP contribution in [-0.4, -0.2) is 36.2 Å². The van der Waals surface area contributed by atoms with Gasteiger partial charge in [0.15, 0.2) is 0 Å². The Bertz CT molecular complexity index is 250. The molecule has 0 amide bonds. The van der Waals surface area contributed by atoms with Crippen LogP contribution in [0.2, 0.25) is 0 Å². The van der Waals surface area contributed by atoms with Gasteiger partial charge in [-0.25, -0.2) is 0 Å². The highest BCUT2D eigenvalue weighted by Crippen LogP contribution is 2.24. The second-order valence-electron chi connectivity index (χ2n) is 5.48. The van der Waals surface area contributed by atoms with Crippen molar-refractivity contribution >= 4 is 5.97 Å². The van der Waals surface area contributed by atoms with Crippen molar-refractivity contribution in [3.63, 3.8) is 0 Å². The maximum absolute atomic E-state index is 11.6. The first kappa shape index (κ1) is 15.4. The van der Waals surface area contributed by atoms with Crippen LogP contribution in [0, 0.1) is 5.92 Å².